The van der Waals surface area contributed by atoms with Crippen molar-refractivity contribution in [3.63, 3.8) is 0 Å². The van der Waals surface area contributed by atoms with Gasteiger partial charge in [0.05, 0.1) is 38.7 Å². The molecule has 0 aliphatic rings. The molecule has 248 valence electrons. The molecule has 0 saturated carbocycles. The third-order valence-electron chi connectivity index (χ3n) is 9.77. The molecule has 0 N–H and O–H groups in total. The van der Waals surface area contributed by atoms with Crippen LogP contribution in [0.1, 0.15) is 0 Å². The molecule has 0 saturated heterocycles. The van der Waals surface area contributed by atoms with Crippen LogP contribution in [-0.4, -0.2) is 19.9 Å². The van der Waals surface area contributed by atoms with Crippen LogP contribution < -0.4 is 0 Å². The van der Waals surface area contributed by atoms with E-state index in [0.29, 0.717) is 0 Å². The first-order chi connectivity index (χ1) is 26.3. The van der Waals surface area contributed by atoms with E-state index in [0.717, 1.165) is 67.4 Å². The summed E-state index contributed by atoms with van der Waals surface area (Å²) in [5.74, 6) is 0. The molecule has 5 aromatic carbocycles. The molecule has 5 aromatic heterocycles. The zero-order chi connectivity index (χ0) is 35.1. The third-order valence-corrected chi connectivity index (χ3v) is 10.9. The van der Waals surface area contributed by atoms with Crippen molar-refractivity contribution in [1.82, 2.24) is 19.9 Å². The number of benzene rings is 5. The average molecular weight is 695 g/mol. The highest BCUT2D eigenvalue weighted by Gasteiger charge is 2.19. The lowest BCUT2D eigenvalue weighted by Gasteiger charge is -2.13. The first kappa shape index (κ1) is 31.0. The van der Waals surface area contributed by atoms with E-state index < -0.39 is 0 Å². The molecule has 10 aromatic rings. The van der Waals surface area contributed by atoms with Crippen LogP contribution in [0.5, 0.6) is 0 Å². The summed E-state index contributed by atoms with van der Waals surface area (Å²) < 4.78 is 2.48. The Morgan fingerprint density at radius 1 is 0.377 bits per heavy atom. The SMILES string of the molecule is c1ccc(-c2nc3cccc(-c4cccc(-c5cccc(-c6cc(-c7ccccn7)nc(-c7ccccn7)c6)c5)c4)c3c3c2sc2ccccc23)cc1. The molecule has 0 bridgehead atoms. The maximum Gasteiger partial charge on any atom is 0.0900 e. The van der Waals surface area contributed by atoms with Crippen LogP contribution in [0, 0.1) is 0 Å². The summed E-state index contributed by atoms with van der Waals surface area (Å²) in [7, 11) is 0. The normalized spacial score (nSPS) is 11.4. The number of hydrogen-bond acceptors (Lipinski definition) is 5. The summed E-state index contributed by atoms with van der Waals surface area (Å²) in [5, 5.41) is 3.72. The van der Waals surface area contributed by atoms with E-state index in [1.54, 1.807) is 12.4 Å². The molecule has 4 nitrogen and oxygen atoms in total. The molecule has 0 radical (unpaired) electrons. The van der Waals surface area contributed by atoms with Crippen molar-refractivity contribution in [3.8, 4) is 67.4 Å². The van der Waals surface area contributed by atoms with Crippen molar-refractivity contribution in [3.05, 3.63) is 182 Å². The van der Waals surface area contributed by atoms with Gasteiger partial charge in [0, 0.05) is 38.8 Å². The molecular weight excluding hydrogens is 665 g/mol. The highest BCUT2D eigenvalue weighted by molar-refractivity contribution is 7.26. The lowest BCUT2D eigenvalue weighted by atomic mass is 9.93. The first-order valence-corrected chi connectivity index (χ1v) is 18.4. The summed E-state index contributed by atoms with van der Waals surface area (Å²) in [4.78, 5) is 19.5. The van der Waals surface area contributed by atoms with Gasteiger partial charge in [-0.1, -0.05) is 109 Å². The van der Waals surface area contributed by atoms with E-state index in [1.807, 2.05) is 47.7 Å². The number of pyridine rings is 4. The number of fused-ring (bicyclic) bond motifs is 5. The van der Waals surface area contributed by atoms with E-state index in [9.17, 15) is 0 Å². The van der Waals surface area contributed by atoms with Gasteiger partial charge in [-0.25, -0.2) is 9.97 Å². The van der Waals surface area contributed by atoms with Crippen LogP contribution in [0.3, 0.4) is 0 Å². The maximum absolute atomic E-state index is 5.34. The molecule has 0 fully saturated rings. The zero-order valence-corrected chi connectivity index (χ0v) is 29.3. The summed E-state index contributed by atoms with van der Waals surface area (Å²) in [6.07, 6.45) is 3.61. The van der Waals surface area contributed by atoms with Crippen LogP contribution in [0.2, 0.25) is 0 Å². The quantitative estimate of drug-likeness (QED) is 0.174. The zero-order valence-electron chi connectivity index (χ0n) is 28.5. The molecule has 0 unspecified atom stereocenters. The van der Waals surface area contributed by atoms with Crippen molar-refractivity contribution in [2.75, 3.05) is 0 Å². The van der Waals surface area contributed by atoms with Gasteiger partial charge in [0.15, 0.2) is 0 Å². The van der Waals surface area contributed by atoms with Gasteiger partial charge in [-0.15, -0.1) is 11.3 Å². The van der Waals surface area contributed by atoms with Crippen LogP contribution in [0.25, 0.3) is 98.5 Å². The van der Waals surface area contributed by atoms with Crippen molar-refractivity contribution in [1.29, 1.82) is 0 Å². The topological polar surface area (TPSA) is 51.6 Å². The third kappa shape index (κ3) is 5.64. The van der Waals surface area contributed by atoms with Gasteiger partial charge in [-0.3, -0.25) is 9.97 Å². The summed E-state index contributed by atoms with van der Waals surface area (Å²) in [6, 6.07) is 59.5. The second-order valence-electron chi connectivity index (χ2n) is 13.0. The Balaban J connectivity index is 1.12. The van der Waals surface area contributed by atoms with Gasteiger partial charge in [0.25, 0.3) is 0 Å². The summed E-state index contributed by atoms with van der Waals surface area (Å²) in [6.45, 7) is 0. The minimum absolute atomic E-state index is 0.809. The monoisotopic (exact) mass is 694 g/mol. The number of rotatable bonds is 6. The second-order valence-corrected chi connectivity index (χ2v) is 14.1. The van der Waals surface area contributed by atoms with Gasteiger partial charge in [-0.2, -0.15) is 0 Å². The fourth-order valence-corrected chi connectivity index (χ4v) is 8.51. The minimum atomic E-state index is 0.809. The van der Waals surface area contributed by atoms with Crippen LogP contribution >= 0.6 is 11.3 Å². The van der Waals surface area contributed by atoms with Crippen LogP contribution in [0.15, 0.2) is 182 Å². The lowest BCUT2D eigenvalue weighted by Crippen LogP contribution is -1.94. The highest BCUT2D eigenvalue weighted by Crippen LogP contribution is 2.45. The fourth-order valence-electron chi connectivity index (χ4n) is 7.29. The fraction of sp³-hybridized carbons (Fsp3) is 0. The second kappa shape index (κ2) is 13.1. The molecular formula is C48H30N4S. The first-order valence-electron chi connectivity index (χ1n) is 17.6. The number of thiophene rings is 1. The van der Waals surface area contributed by atoms with E-state index in [1.165, 1.54) is 31.1 Å². The molecule has 5 heterocycles. The van der Waals surface area contributed by atoms with E-state index >= 15 is 0 Å². The molecule has 0 spiro atoms. The Labute approximate surface area is 310 Å². The number of hydrogen-bond donors (Lipinski definition) is 0. The van der Waals surface area contributed by atoms with Gasteiger partial charge in [0.1, 0.15) is 0 Å². The van der Waals surface area contributed by atoms with E-state index in [4.69, 9.17) is 9.97 Å². The van der Waals surface area contributed by atoms with Crippen molar-refractivity contribution < 1.29 is 0 Å². The molecule has 0 atom stereocenters. The summed E-state index contributed by atoms with van der Waals surface area (Å²) in [5.41, 5.74) is 13.2. The predicted molar refractivity (Wildman–Crippen MR) is 221 cm³/mol. The Morgan fingerprint density at radius 3 is 1.66 bits per heavy atom. The molecule has 10 rings (SSSR count). The molecule has 0 amide bonds. The molecule has 0 aliphatic heterocycles. The van der Waals surface area contributed by atoms with Gasteiger partial charge in [-0.05, 0) is 94.0 Å². The Kier molecular flexibility index (Phi) is 7.63. The van der Waals surface area contributed by atoms with Crippen molar-refractivity contribution in [2.24, 2.45) is 0 Å². The standard InChI is InChI=1S/C48H30N4S/c1-2-13-31(14-3-1)47-48-46(38-19-4-5-24-44(38)53-48)45-37(20-12-23-41(45)52-47)35-18-11-16-33(28-35)32-15-10-17-34(27-32)36-29-42(39-21-6-8-25-49-39)51-43(30-36)40-22-7-9-26-50-40/h1-30H. The Bertz CT molecular complexity index is 2880. The highest BCUT2D eigenvalue weighted by atomic mass is 32.1. The van der Waals surface area contributed by atoms with E-state index in [2.05, 4.69) is 143 Å². The molecule has 5 heteroatoms. The van der Waals surface area contributed by atoms with E-state index in [-0.39, 0.29) is 0 Å². The van der Waals surface area contributed by atoms with Gasteiger partial charge in [0.2, 0.25) is 0 Å². The molecule has 0 aliphatic carbocycles. The molecule has 53 heavy (non-hydrogen) atoms. The number of aromatic nitrogens is 4. The van der Waals surface area contributed by atoms with Crippen molar-refractivity contribution in [2.45, 2.75) is 0 Å². The number of nitrogens with zero attached hydrogens (tertiary/aromatic N) is 4. The average Bonchev–Trinajstić information content (AvgIpc) is 3.64. The Hall–Kier alpha value is -6.82. The van der Waals surface area contributed by atoms with Crippen molar-refractivity contribution >= 4 is 42.4 Å². The van der Waals surface area contributed by atoms with Gasteiger partial charge < -0.3 is 0 Å². The maximum atomic E-state index is 5.34. The van der Waals surface area contributed by atoms with Crippen LogP contribution in [0.4, 0.5) is 0 Å². The minimum Gasteiger partial charge on any atom is -0.255 e. The predicted octanol–water partition coefficient (Wildman–Crippen LogP) is 12.8. The lowest BCUT2D eigenvalue weighted by molar-refractivity contribution is 1.22. The van der Waals surface area contributed by atoms with Gasteiger partial charge >= 0.3 is 0 Å². The largest absolute Gasteiger partial charge is 0.255 e. The Morgan fingerprint density at radius 2 is 0.962 bits per heavy atom. The van der Waals surface area contributed by atoms with Crippen LogP contribution in [-0.2, 0) is 0 Å². The summed E-state index contributed by atoms with van der Waals surface area (Å²) >= 11 is 1.83. The smallest absolute Gasteiger partial charge is 0.0900 e.